The van der Waals surface area contributed by atoms with Crippen LogP contribution in [0.1, 0.15) is 51.2 Å². The molecule has 26 heavy (non-hydrogen) atoms. The van der Waals surface area contributed by atoms with E-state index in [0.29, 0.717) is 17.8 Å². The third-order valence-corrected chi connectivity index (χ3v) is 6.80. The van der Waals surface area contributed by atoms with Crippen molar-refractivity contribution in [1.82, 2.24) is 4.72 Å². The fraction of sp³-hybridized carbons (Fsp3) is 0.650. The van der Waals surface area contributed by atoms with Crippen molar-refractivity contribution in [3.8, 4) is 0 Å². The Morgan fingerprint density at radius 1 is 1.23 bits per heavy atom. The molecule has 0 heterocycles. The molecule has 5 nitrogen and oxygen atoms in total. The van der Waals surface area contributed by atoms with Crippen LogP contribution in [0, 0.1) is 31.6 Å². The minimum atomic E-state index is -3.87. The van der Waals surface area contributed by atoms with E-state index in [2.05, 4.69) is 25.5 Å². The molecule has 6 heteroatoms. The summed E-state index contributed by atoms with van der Waals surface area (Å²) in [5, 5.41) is 0. The Bertz CT molecular complexity index is 742. The smallest absolute Gasteiger partial charge is 0.264 e. The van der Waals surface area contributed by atoms with Crippen molar-refractivity contribution in [3.05, 3.63) is 29.3 Å². The zero-order chi connectivity index (χ0) is 19.5. The van der Waals surface area contributed by atoms with Gasteiger partial charge in [0.2, 0.25) is 0 Å². The van der Waals surface area contributed by atoms with Gasteiger partial charge < -0.3 is 4.74 Å². The van der Waals surface area contributed by atoms with Crippen LogP contribution in [-0.2, 0) is 19.6 Å². The maximum Gasteiger partial charge on any atom is 0.264 e. The second-order valence-electron chi connectivity index (χ2n) is 7.95. The molecule has 0 radical (unpaired) electrons. The van der Waals surface area contributed by atoms with Crippen molar-refractivity contribution in [3.63, 3.8) is 0 Å². The molecular weight excluding hydrogens is 350 g/mol. The third kappa shape index (κ3) is 5.30. The van der Waals surface area contributed by atoms with E-state index in [9.17, 15) is 13.2 Å². The second kappa shape index (κ2) is 8.53. The number of amides is 1. The number of carbonyl (C=O) groups is 1. The molecule has 1 aromatic rings. The van der Waals surface area contributed by atoms with Crippen LogP contribution in [0.2, 0.25) is 0 Å². The van der Waals surface area contributed by atoms with Gasteiger partial charge in [0.15, 0.2) is 0 Å². The van der Waals surface area contributed by atoms with Crippen molar-refractivity contribution >= 4 is 15.9 Å². The Morgan fingerprint density at radius 3 is 2.54 bits per heavy atom. The number of ether oxygens (including phenoxy) is 1. The van der Waals surface area contributed by atoms with E-state index in [1.54, 1.807) is 12.1 Å². The van der Waals surface area contributed by atoms with Gasteiger partial charge in [0.1, 0.15) is 6.61 Å². The topological polar surface area (TPSA) is 72.5 Å². The summed E-state index contributed by atoms with van der Waals surface area (Å²) < 4.78 is 32.7. The number of hydrogen-bond acceptors (Lipinski definition) is 4. The van der Waals surface area contributed by atoms with Crippen LogP contribution in [0.5, 0.6) is 0 Å². The van der Waals surface area contributed by atoms with Gasteiger partial charge in [0.25, 0.3) is 15.9 Å². The summed E-state index contributed by atoms with van der Waals surface area (Å²) in [6, 6.07) is 4.82. The zero-order valence-electron chi connectivity index (χ0n) is 16.4. The van der Waals surface area contributed by atoms with Gasteiger partial charge in [-0.1, -0.05) is 33.3 Å². The van der Waals surface area contributed by atoms with E-state index < -0.39 is 15.9 Å². The van der Waals surface area contributed by atoms with E-state index in [-0.39, 0.29) is 17.6 Å². The first-order valence-electron chi connectivity index (χ1n) is 9.34. The highest BCUT2D eigenvalue weighted by Crippen LogP contribution is 2.35. The summed E-state index contributed by atoms with van der Waals surface area (Å²) in [5.74, 6) is 0.839. The fourth-order valence-electron chi connectivity index (χ4n) is 3.61. The molecule has 0 aliphatic heterocycles. The Morgan fingerprint density at radius 2 is 1.92 bits per heavy atom. The summed E-state index contributed by atoms with van der Waals surface area (Å²) >= 11 is 0. The molecule has 1 N–H and O–H groups in total. The molecule has 0 saturated heterocycles. The molecule has 1 saturated carbocycles. The van der Waals surface area contributed by atoms with E-state index >= 15 is 0 Å². The first-order valence-corrected chi connectivity index (χ1v) is 10.8. The van der Waals surface area contributed by atoms with Gasteiger partial charge in [0, 0.05) is 0 Å². The number of sulfonamides is 1. The molecule has 1 aromatic carbocycles. The third-order valence-electron chi connectivity index (χ3n) is 5.43. The second-order valence-corrected chi connectivity index (χ2v) is 9.63. The number of nitrogens with one attached hydrogen (secondary N) is 1. The minimum Gasteiger partial charge on any atom is -0.368 e. The first kappa shape index (κ1) is 20.9. The van der Waals surface area contributed by atoms with Gasteiger partial charge in [0.05, 0.1) is 11.0 Å². The maximum atomic E-state index is 12.4. The first-order chi connectivity index (χ1) is 12.1. The monoisotopic (exact) mass is 381 g/mol. The highest BCUT2D eigenvalue weighted by atomic mass is 32.2. The molecule has 1 aliphatic carbocycles. The van der Waals surface area contributed by atoms with E-state index in [1.165, 1.54) is 12.5 Å². The van der Waals surface area contributed by atoms with Crippen LogP contribution < -0.4 is 4.72 Å². The summed E-state index contributed by atoms with van der Waals surface area (Å²) in [7, 11) is -3.87. The van der Waals surface area contributed by atoms with Gasteiger partial charge in [-0.3, -0.25) is 4.79 Å². The van der Waals surface area contributed by atoms with Gasteiger partial charge in [-0.25, -0.2) is 13.1 Å². The number of aryl methyl sites for hydroxylation is 2. The summed E-state index contributed by atoms with van der Waals surface area (Å²) in [5.41, 5.74) is 1.87. The minimum absolute atomic E-state index is 0.00817. The molecule has 1 aliphatic rings. The van der Waals surface area contributed by atoms with Crippen LogP contribution in [0.3, 0.4) is 0 Å². The van der Waals surface area contributed by atoms with Crippen LogP contribution in [-0.4, -0.2) is 27.0 Å². The predicted octanol–water partition coefficient (Wildman–Crippen LogP) is 3.59. The van der Waals surface area contributed by atoms with Gasteiger partial charge in [-0.15, -0.1) is 0 Å². The Hall–Kier alpha value is -1.40. The predicted molar refractivity (Wildman–Crippen MR) is 102 cm³/mol. The lowest BCUT2D eigenvalue weighted by Crippen LogP contribution is -2.39. The summed E-state index contributed by atoms with van der Waals surface area (Å²) in [6.07, 6.45) is 3.19. The summed E-state index contributed by atoms with van der Waals surface area (Å²) in [4.78, 5) is 12.3. The molecule has 2 rings (SSSR count). The lowest BCUT2D eigenvalue weighted by molar-refractivity contribution is -0.129. The standard InChI is InChI=1S/C20H31NO4S/c1-13(2)18-9-6-14(3)10-19(18)25-12-20(22)21-26(23,24)17-8-7-15(4)16(5)11-17/h7-8,11,13-14,18-19H,6,9-10,12H2,1-5H3,(H,21,22). The van der Waals surface area contributed by atoms with E-state index in [4.69, 9.17) is 4.74 Å². The van der Waals surface area contributed by atoms with Crippen molar-refractivity contribution < 1.29 is 17.9 Å². The molecule has 0 aromatic heterocycles. The summed E-state index contributed by atoms with van der Waals surface area (Å²) in [6.45, 7) is 10.1. The largest absolute Gasteiger partial charge is 0.368 e. The number of carbonyl (C=O) groups excluding carboxylic acids is 1. The number of benzene rings is 1. The molecule has 146 valence electrons. The molecule has 3 atom stereocenters. The molecule has 0 bridgehead atoms. The quantitative estimate of drug-likeness (QED) is 0.817. The van der Waals surface area contributed by atoms with Gasteiger partial charge in [-0.2, -0.15) is 0 Å². The van der Waals surface area contributed by atoms with Crippen LogP contribution in [0.4, 0.5) is 0 Å². The number of rotatable bonds is 6. The fourth-order valence-corrected chi connectivity index (χ4v) is 4.66. The molecule has 1 fully saturated rings. The van der Waals surface area contributed by atoms with E-state index in [0.717, 1.165) is 24.0 Å². The van der Waals surface area contributed by atoms with Crippen molar-refractivity contribution in [2.45, 2.75) is 64.9 Å². The van der Waals surface area contributed by atoms with E-state index in [1.807, 2.05) is 13.8 Å². The normalized spacial score (nSPS) is 23.8. The highest BCUT2D eigenvalue weighted by Gasteiger charge is 2.32. The van der Waals surface area contributed by atoms with Crippen LogP contribution >= 0.6 is 0 Å². The average Bonchev–Trinajstić information content (AvgIpc) is 2.54. The van der Waals surface area contributed by atoms with Gasteiger partial charge >= 0.3 is 0 Å². The molecular formula is C20H31NO4S. The lowest BCUT2D eigenvalue weighted by Gasteiger charge is -2.37. The SMILES string of the molecule is Cc1ccc(S(=O)(=O)NC(=O)COC2CC(C)CCC2C(C)C)cc1C. The Labute approximate surface area is 157 Å². The average molecular weight is 382 g/mol. The zero-order valence-corrected chi connectivity index (χ0v) is 17.2. The molecule has 1 amide bonds. The Kier molecular flexibility index (Phi) is 6.86. The van der Waals surface area contributed by atoms with Crippen molar-refractivity contribution in [1.29, 1.82) is 0 Å². The molecule has 0 spiro atoms. The maximum absolute atomic E-state index is 12.4. The van der Waals surface area contributed by atoms with Crippen LogP contribution in [0.25, 0.3) is 0 Å². The lowest BCUT2D eigenvalue weighted by atomic mass is 9.75. The van der Waals surface area contributed by atoms with Gasteiger partial charge in [-0.05, 0) is 67.7 Å². The van der Waals surface area contributed by atoms with Crippen molar-refractivity contribution in [2.75, 3.05) is 6.61 Å². The number of hydrogen-bond donors (Lipinski definition) is 1. The Balaban J connectivity index is 1.97. The van der Waals surface area contributed by atoms with Crippen molar-refractivity contribution in [2.24, 2.45) is 17.8 Å². The highest BCUT2D eigenvalue weighted by molar-refractivity contribution is 7.90. The molecule has 3 unspecified atom stereocenters. The van der Waals surface area contributed by atoms with Crippen LogP contribution in [0.15, 0.2) is 23.1 Å².